The van der Waals surface area contributed by atoms with E-state index in [1.54, 1.807) is 0 Å². The fourth-order valence-electron chi connectivity index (χ4n) is 2.03. The van der Waals surface area contributed by atoms with E-state index in [0.717, 1.165) is 35.6 Å². The van der Waals surface area contributed by atoms with E-state index in [0.29, 0.717) is 0 Å². The monoisotopic (exact) mass is 259 g/mol. The highest BCUT2D eigenvalue weighted by atomic mass is 15.5. The molecule has 19 heavy (non-hydrogen) atoms. The lowest BCUT2D eigenvalue weighted by atomic mass is 10.1. The van der Waals surface area contributed by atoms with Gasteiger partial charge in [-0.15, -0.1) is 5.10 Å². The van der Waals surface area contributed by atoms with Crippen LogP contribution in [0.25, 0.3) is 11.4 Å². The van der Waals surface area contributed by atoms with E-state index >= 15 is 0 Å². The lowest BCUT2D eigenvalue weighted by molar-refractivity contribution is 0.531. The van der Waals surface area contributed by atoms with Crippen LogP contribution in [0.4, 0.5) is 5.69 Å². The minimum Gasteiger partial charge on any atom is -0.398 e. The maximum atomic E-state index is 5.94. The summed E-state index contributed by atoms with van der Waals surface area (Å²) in [5.74, 6) is 0.795. The number of tetrazole rings is 1. The average Bonchev–Trinajstić information content (AvgIpc) is 2.86. The molecule has 102 valence electrons. The van der Waals surface area contributed by atoms with Gasteiger partial charge in [-0.3, -0.25) is 0 Å². The molecule has 1 aromatic carbocycles. The highest BCUT2D eigenvalue weighted by Gasteiger charge is 2.09. The van der Waals surface area contributed by atoms with Crippen molar-refractivity contribution >= 4 is 5.69 Å². The van der Waals surface area contributed by atoms with E-state index in [9.17, 15) is 0 Å². The molecular formula is C14H21N5. The van der Waals surface area contributed by atoms with Gasteiger partial charge in [0.05, 0.1) is 0 Å². The van der Waals surface area contributed by atoms with Gasteiger partial charge in [-0.2, -0.15) is 0 Å². The summed E-state index contributed by atoms with van der Waals surface area (Å²) in [5.41, 5.74) is 8.76. The maximum Gasteiger partial charge on any atom is 0.182 e. The first-order valence-electron chi connectivity index (χ1n) is 6.85. The average molecular weight is 259 g/mol. The highest BCUT2D eigenvalue weighted by molar-refractivity contribution is 5.63. The third-order valence-corrected chi connectivity index (χ3v) is 3.29. The number of benzene rings is 1. The highest BCUT2D eigenvalue weighted by Crippen LogP contribution is 2.21. The van der Waals surface area contributed by atoms with E-state index in [4.69, 9.17) is 5.73 Å². The number of nitrogens with two attached hydrogens (primary N) is 1. The smallest absolute Gasteiger partial charge is 0.182 e. The summed E-state index contributed by atoms with van der Waals surface area (Å²) in [4.78, 5) is 0. The molecule has 2 rings (SSSR count). The molecule has 0 unspecified atom stereocenters. The van der Waals surface area contributed by atoms with Gasteiger partial charge in [0.1, 0.15) is 0 Å². The van der Waals surface area contributed by atoms with Crippen molar-refractivity contribution in [3.63, 3.8) is 0 Å². The second-order valence-electron chi connectivity index (χ2n) is 4.86. The van der Waals surface area contributed by atoms with Crippen LogP contribution in [0.5, 0.6) is 0 Å². The quantitative estimate of drug-likeness (QED) is 0.639. The van der Waals surface area contributed by atoms with Crippen molar-refractivity contribution in [3.8, 4) is 11.4 Å². The van der Waals surface area contributed by atoms with Crippen LogP contribution in [0.15, 0.2) is 18.2 Å². The van der Waals surface area contributed by atoms with Gasteiger partial charge in [0.15, 0.2) is 5.82 Å². The molecule has 0 saturated heterocycles. The number of hydrogen-bond acceptors (Lipinski definition) is 4. The fourth-order valence-corrected chi connectivity index (χ4v) is 2.03. The molecule has 1 heterocycles. The summed E-state index contributed by atoms with van der Waals surface area (Å²) in [6, 6.07) is 5.95. The van der Waals surface area contributed by atoms with Crippen LogP contribution >= 0.6 is 0 Å². The molecule has 0 atom stereocenters. The van der Waals surface area contributed by atoms with E-state index < -0.39 is 0 Å². The summed E-state index contributed by atoms with van der Waals surface area (Å²) < 4.78 is 1.86. The van der Waals surface area contributed by atoms with E-state index in [1.165, 1.54) is 19.3 Å². The van der Waals surface area contributed by atoms with Crippen LogP contribution in [-0.2, 0) is 6.54 Å². The molecule has 0 radical (unpaired) electrons. The maximum absolute atomic E-state index is 5.94. The van der Waals surface area contributed by atoms with Crippen LogP contribution in [0.3, 0.4) is 0 Å². The predicted molar refractivity (Wildman–Crippen MR) is 76.5 cm³/mol. The van der Waals surface area contributed by atoms with Crippen LogP contribution in [0.1, 0.15) is 38.2 Å². The minimum absolute atomic E-state index is 0.776. The molecule has 0 aliphatic heterocycles. The Balaban J connectivity index is 2.12. The Labute approximate surface area is 113 Å². The van der Waals surface area contributed by atoms with Crippen molar-refractivity contribution in [3.05, 3.63) is 23.8 Å². The number of hydrogen-bond donors (Lipinski definition) is 1. The molecular weight excluding hydrogens is 238 g/mol. The summed E-state index contributed by atoms with van der Waals surface area (Å²) in [6.07, 6.45) is 4.81. The van der Waals surface area contributed by atoms with Crippen LogP contribution in [0.2, 0.25) is 0 Å². The fraction of sp³-hybridized carbons (Fsp3) is 0.500. The van der Waals surface area contributed by atoms with Gasteiger partial charge in [0.2, 0.25) is 0 Å². The molecule has 2 aromatic rings. The van der Waals surface area contributed by atoms with Gasteiger partial charge in [-0.1, -0.05) is 38.3 Å². The standard InChI is InChI=1S/C14H21N5/c1-3-4-5-6-9-19-14(16-17-18-19)12-8-7-11(2)13(15)10-12/h7-8,10H,3-6,9,15H2,1-2H3. The van der Waals surface area contributed by atoms with Gasteiger partial charge < -0.3 is 5.73 Å². The summed E-state index contributed by atoms with van der Waals surface area (Å²) in [7, 11) is 0. The Bertz CT molecular complexity index is 532. The first kappa shape index (κ1) is 13.5. The molecule has 0 spiro atoms. The van der Waals surface area contributed by atoms with Gasteiger partial charge in [-0.25, -0.2) is 4.68 Å². The Morgan fingerprint density at radius 3 is 2.79 bits per heavy atom. The largest absolute Gasteiger partial charge is 0.398 e. The second-order valence-corrected chi connectivity index (χ2v) is 4.86. The van der Waals surface area contributed by atoms with Crippen molar-refractivity contribution in [1.82, 2.24) is 20.2 Å². The summed E-state index contributed by atoms with van der Waals surface area (Å²) in [5, 5.41) is 11.9. The molecule has 0 amide bonds. The molecule has 0 aliphatic carbocycles. The van der Waals surface area contributed by atoms with Crippen molar-refractivity contribution in [2.24, 2.45) is 0 Å². The van der Waals surface area contributed by atoms with Crippen LogP contribution in [-0.4, -0.2) is 20.2 Å². The van der Waals surface area contributed by atoms with Gasteiger partial charge in [-0.05, 0) is 35.4 Å². The molecule has 2 N–H and O–H groups in total. The zero-order valence-corrected chi connectivity index (χ0v) is 11.6. The first-order chi connectivity index (χ1) is 9.22. The van der Waals surface area contributed by atoms with Crippen LogP contribution < -0.4 is 5.73 Å². The topological polar surface area (TPSA) is 69.6 Å². The molecule has 0 aliphatic rings. The summed E-state index contributed by atoms with van der Waals surface area (Å²) in [6.45, 7) is 5.06. The third kappa shape index (κ3) is 3.30. The predicted octanol–water partition coefficient (Wildman–Crippen LogP) is 2.81. The molecule has 5 nitrogen and oxygen atoms in total. The van der Waals surface area contributed by atoms with E-state index in [2.05, 4.69) is 22.4 Å². The SMILES string of the molecule is CCCCCCn1nnnc1-c1ccc(C)c(N)c1. The molecule has 0 fully saturated rings. The van der Waals surface area contributed by atoms with E-state index in [1.807, 2.05) is 29.8 Å². The third-order valence-electron chi connectivity index (χ3n) is 3.29. The number of aromatic nitrogens is 4. The van der Waals surface area contributed by atoms with Crippen molar-refractivity contribution in [1.29, 1.82) is 0 Å². The zero-order valence-electron chi connectivity index (χ0n) is 11.6. The number of nitrogen functional groups attached to an aromatic ring is 1. The number of aryl methyl sites for hydroxylation is 2. The minimum atomic E-state index is 0.776. The normalized spacial score (nSPS) is 10.8. The van der Waals surface area contributed by atoms with Gasteiger partial charge in [0, 0.05) is 17.8 Å². The number of rotatable bonds is 6. The number of nitrogens with zero attached hydrogens (tertiary/aromatic N) is 4. The Morgan fingerprint density at radius 1 is 1.21 bits per heavy atom. The molecule has 0 bridgehead atoms. The first-order valence-corrected chi connectivity index (χ1v) is 6.85. The molecule has 5 heteroatoms. The zero-order chi connectivity index (χ0) is 13.7. The molecule has 0 saturated carbocycles. The lowest BCUT2D eigenvalue weighted by Crippen LogP contribution is -2.03. The summed E-state index contributed by atoms with van der Waals surface area (Å²) >= 11 is 0. The number of anilines is 1. The van der Waals surface area contributed by atoms with Gasteiger partial charge in [0.25, 0.3) is 0 Å². The second kappa shape index (κ2) is 6.31. The lowest BCUT2D eigenvalue weighted by Gasteiger charge is -2.06. The van der Waals surface area contributed by atoms with E-state index in [-0.39, 0.29) is 0 Å². The van der Waals surface area contributed by atoms with Gasteiger partial charge >= 0.3 is 0 Å². The Hall–Kier alpha value is -1.91. The van der Waals surface area contributed by atoms with Crippen molar-refractivity contribution < 1.29 is 0 Å². The number of unbranched alkanes of at least 4 members (excludes halogenated alkanes) is 3. The Morgan fingerprint density at radius 2 is 2.05 bits per heavy atom. The Kier molecular flexibility index (Phi) is 4.49. The van der Waals surface area contributed by atoms with Crippen molar-refractivity contribution in [2.75, 3.05) is 5.73 Å². The van der Waals surface area contributed by atoms with Crippen molar-refractivity contribution in [2.45, 2.75) is 46.1 Å². The molecule has 1 aromatic heterocycles. The van der Waals surface area contributed by atoms with Crippen LogP contribution in [0, 0.1) is 6.92 Å².